The highest BCUT2D eigenvalue weighted by Crippen LogP contribution is 2.33. The van der Waals surface area contributed by atoms with Gasteiger partial charge in [-0.3, -0.25) is 5.32 Å². The van der Waals surface area contributed by atoms with E-state index in [4.69, 9.17) is 4.74 Å². The van der Waals surface area contributed by atoms with Gasteiger partial charge in [0.05, 0.1) is 12.3 Å². The normalized spacial score (nSPS) is 11.3. The van der Waals surface area contributed by atoms with Crippen LogP contribution in [0.25, 0.3) is 0 Å². The molecule has 0 aliphatic carbocycles. The number of nitrogens with one attached hydrogen (secondary N) is 2. The zero-order chi connectivity index (χ0) is 21.8. The molecule has 0 bridgehead atoms. The number of aryl methyl sites for hydroxylation is 2. The molecule has 0 atom stereocenters. The summed E-state index contributed by atoms with van der Waals surface area (Å²) in [6.07, 6.45) is 2.09. The van der Waals surface area contributed by atoms with E-state index in [1.165, 1.54) is 0 Å². The zero-order valence-electron chi connectivity index (χ0n) is 19.1. The lowest BCUT2D eigenvalue weighted by Gasteiger charge is -2.24. The number of rotatable bonds is 6. The van der Waals surface area contributed by atoms with Crippen molar-refractivity contribution >= 4 is 17.5 Å². The highest BCUT2D eigenvalue weighted by atomic mass is 16.5. The Morgan fingerprint density at radius 3 is 2.38 bits per heavy atom. The molecule has 0 unspecified atom stereocenters. The number of pyridine rings is 1. The van der Waals surface area contributed by atoms with Crippen molar-refractivity contribution in [2.75, 3.05) is 17.2 Å². The molecule has 0 spiro atoms. The average molecular weight is 398 g/mol. The molecule has 0 aliphatic rings. The summed E-state index contributed by atoms with van der Waals surface area (Å²) in [6.45, 7) is 17.1. The largest absolute Gasteiger partial charge is 0.491 e. The van der Waals surface area contributed by atoms with Crippen LogP contribution in [0.5, 0.6) is 5.75 Å². The molecule has 0 fully saturated rings. The van der Waals surface area contributed by atoms with Gasteiger partial charge in [-0.05, 0) is 61.8 Å². The maximum Gasteiger partial charge on any atom is 0.324 e. The Kier molecular flexibility index (Phi) is 7.28. The van der Waals surface area contributed by atoms with E-state index in [0.29, 0.717) is 12.4 Å². The number of para-hydroxylation sites is 1. The average Bonchev–Trinajstić information content (AvgIpc) is 2.63. The molecular formula is C24H35N3O2. The number of carbonyl (C=O) groups excluding carboxylic acids is 1. The number of aromatic nitrogens is 1. The lowest BCUT2D eigenvalue weighted by atomic mass is 9.84. The number of anilines is 2. The van der Waals surface area contributed by atoms with Gasteiger partial charge in [0.15, 0.2) is 0 Å². The van der Waals surface area contributed by atoms with Crippen molar-refractivity contribution in [3.05, 3.63) is 46.1 Å². The molecule has 5 nitrogen and oxygen atoms in total. The number of nitrogens with zero attached hydrogens (tertiary/aromatic N) is 1. The molecule has 0 saturated heterocycles. The summed E-state index contributed by atoms with van der Waals surface area (Å²) in [5.74, 6) is 1.38. The number of benzene rings is 1. The molecular weight excluding hydrogens is 362 g/mol. The number of hydrogen-bond donors (Lipinski definition) is 2. The summed E-state index contributed by atoms with van der Waals surface area (Å²) in [4.78, 5) is 17.4. The molecule has 1 aromatic carbocycles. The van der Waals surface area contributed by atoms with Crippen molar-refractivity contribution in [3.63, 3.8) is 0 Å². The fourth-order valence-electron chi connectivity index (χ4n) is 3.29. The van der Waals surface area contributed by atoms with Crippen LogP contribution in [0.2, 0.25) is 0 Å². The van der Waals surface area contributed by atoms with Crippen molar-refractivity contribution < 1.29 is 9.53 Å². The van der Waals surface area contributed by atoms with E-state index < -0.39 is 0 Å². The molecule has 2 aromatic rings. The minimum absolute atomic E-state index is 0.0759. The third-order valence-corrected chi connectivity index (χ3v) is 5.16. The van der Waals surface area contributed by atoms with E-state index in [9.17, 15) is 4.79 Å². The molecule has 158 valence electrons. The molecule has 1 heterocycles. The van der Waals surface area contributed by atoms with Crippen LogP contribution >= 0.6 is 0 Å². The summed E-state index contributed by atoms with van der Waals surface area (Å²) >= 11 is 0. The number of carbonyl (C=O) groups is 1. The highest BCUT2D eigenvalue weighted by Gasteiger charge is 2.21. The summed E-state index contributed by atoms with van der Waals surface area (Å²) in [5, 5.41) is 5.96. The first-order chi connectivity index (χ1) is 13.6. The third-order valence-electron chi connectivity index (χ3n) is 5.16. The predicted molar refractivity (Wildman–Crippen MR) is 121 cm³/mol. The van der Waals surface area contributed by atoms with Crippen LogP contribution in [0.15, 0.2) is 18.2 Å². The van der Waals surface area contributed by atoms with Gasteiger partial charge in [-0.2, -0.15) is 0 Å². The first kappa shape index (κ1) is 22.7. The van der Waals surface area contributed by atoms with E-state index in [0.717, 1.165) is 52.2 Å². The van der Waals surface area contributed by atoms with Crippen molar-refractivity contribution in [2.24, 2.45) is 0 Å². The standard InChI is InChI=1S/C24H35N3O2/c1-9-10-14-29-21-16(3)17(4)22(25-18(21)5)27-23(28)26-20-15(2)12-11-13-19(20)24(6,7)8/h11-13H,9-10,14H2,1-8H3,(H2,25,26,27,28). The number of urea groups is 1. The molecule has 2 N–H and O–H groups in total. The van der Waals surface area contributed by atoms with Crippen molar-refractivity contribution in [1.82, 2.24) is 4.98 Å². The summed E-state index contributed by atoms with van der Waals surface area (Å²) in [6, 6.07) is 5.79. The third kappa shape index (κ3) is 5.49. The Bertz CT molecular complexity index is 883. The first-order valence-electron chi connectivity index (χ1n) is 10.3. The summed E-state index contributed by atoms with van der Waals surface area (Å²) in [7, 11) is 0. The molecule has 5 heteroatoms. The monoisotopic (exact) mass is 397 g/mol. The SMILES string of the molecule is CCCCOc1c(C)nc(NC(=O)Nc2c(C)cccc2C(C)(C)C)c(C)c1C. The van der Waals surface area contributed by atoms with Crippen LogP contribution in [0.4, 0.5) is 16.3 Å². The molecule has 0 saturated carbocycles. The van der Waals surface area contributed by atoms with Crippen LogP contribution in [0.1, 0.15) is 68.5 Å². The Morgan fingerprint density at radius 2 is 1.76 bits per heavy atom. The van der Waals surface area contributed by atoms with Gasteiger partial charge in [0, 0.05) is 5.69 Å². The molecule has 0 radical (unpaired) electrons. The van der Waals surface area contributed by atoms with Crippen molar-refractivity contribution in [1.29, 1.82) is 0 Å². The second kappa shape index (κ2) is 9.29. The Morgan fingerprint density at radius 1 is 1.07 bits per heavy atom. The lowest BCUT2D eigenvalue weighted by Crippen LogP contribution is -2.24. The minimum atomic E-state index is -0.293. The molecule has 2 rings (SSSR count). The summed E-state index contributed by atoms with van der Waals surface area (Å²) < 4.78 is 5.92. The number of unbranched alkanes of at least 4 members (excludes halogenated alkanes) is 1. The zero-order valence-corrected chi connectivity index (χ0v) is 19.1. The second-order valence-corrected chi connectivity index (χ2v) is 8.65. The predicted octanol–water partition coefficient (Wildman–Crippen LogP) is 6.44. The maximum absolute atomic E-state index is 12.8. The topological polar surface area (TPSA) is 63.2 Å². The van der Waals surface area contributed by atoms with Crippen LogP contribution in [0.3, 0.4) is 0 Å². The lowest BCUT2D eigenvalue weighted by molar-refractivity contribution is 0.262. The molecule has 1 aromatic heterocycles. The van der Waals surface area contributed by atoms with Crippen LogP contribution in [-0.4, -0.2) is 17.6 Å². The van der Waals surface area contributed by atoms with Gasteiger partial charge in [-0.15, -0.1) is 0 Å². The van der Waals surface area contributed by atoms with Gasteiger partial charge in [-0.25, -0.2) is 9.78 Å². The van der Waals surface area contributed by atoms with Crippen molar-refractivity contribution in [3.8, 4) is 5.75 Å². The van der Waals surface area contributed by atoms with Gasteiger partial charge in [0.25, 0.3) is 0 Å². The summed E-state index contributed by atoms with van der Waals surface area (Å²) in [5.41, 5.74) is 5.61. The van der Waals surface area contributed by atoms with Crippen LogP contribution < -0.4 is 15.4 Å². The van der Waals surface area contributed by atoms with E-state index in [1.54, 1.807) is 0 Å². The van der Waals surface area contributed by atoms with Crippen LogP contribution in [-0.2, 0) is 5.41 Å². The van der Waals surface area contributed by atoms with E-state index in [1.807, 2.05) is 39.8 Å². The molecule has 29 heavy (non-hydrogen) atoms. The highest BCUT2D eigenvalue weighted by molar-refractivity contribution is 6.00. The minimum Gasteiger partial charge on any atom is -0.491 e. The van der Waals surface area contributed by atoms with Gasteiger partial charge in [0.2, 0.25) is 0 Å². The quantitative estimate of drug-likeness (QED) is 0.552. The Balaban J connectivity index is 2.25. The number of hydrogen-bond acceptors (Lipinski definition) is 3. The smallest absolute Gasteiger partial charge is 0.324 e. The van der Waals surface area contributed by atoms with E-state index in [-0.39, 0.29) is 11.4 Å². The van der Waals surface area contributed by atoms with E-state index >= 15 is 0 Å². The van der Waals surface area contributed by atoms with Gasteiger partial charge in [-0.1, -0.05) is 52.3 Å². The van der Waals surface area contributed by atoms with Gasteiger partial charge in [0.1, 0.15) is 11.6 Å². The molecule has 0 aliphatic heterocycles. The van der Waals surface area contributed by atoms with Gasteiger partial charge < -0.3 is 10.1 Å². The molecule has 2 amide bonds. The first-order valence-corrected chi connectivity index (χ1v) is 10.3. The Hall–Kier alpha value is -2.56. The Labute approximate surface area is 175 Å². The second-order valence-electron chi connectivity index (χ2n) is 8.65. The van der Waals surface area contributed by atoms with Crippen molar-refractivity contribution in [2.45, 2.75) is 73.6 Å². The van der Waals surface area contributed by atoms with E-state index in [2.05, 4.69) is 49.4 Å². The maximum atomic E-state index is 12.8. The fourth-order valence-corrected chi connectivity index (χ4v) is 3.29. The fraction of sp³-hybridized carbons (Fsp3) is 0.500. The number of amides is 2. The van der Waals surface area contributed by atoms with Gasteiger partial charge >= 0.3 is 6.03 Å². The number of ether oxygens (including phenoxy) is 1. The van der Waals surface area contributed by atoms with Crippen LogP contribution in [0, 0.1) is 27.7 Å².